The van der Waals surface area contributed by atoms with Crippen LogP contribution < -0.4 is 10.2 Å². The Morgan fingerprint density at radius 3 is 2.84 bits per heavy atom. The number of hydrazone groups is 1. The van der Waals surface area contributed by atoms with Gasteiger partial charge in [-0.2, -0.15) is 10.4 Å². The van der Waals surface area contributed by atoms with Crippen molar-refractivity contribution in [3.8, 4) is 16.8 Å². The molecule has 0 atom stereocenters. The summed E-state index contributed by atoms with van der Waals surface area (Å²) in [5.74, 6) is 0.347. The number of nitrogens with zero attached hydrogens (tertiary/aromatic N) is 3. The molecule has 0 unspecified atom stereocenters. The van der Waals surface area contributed by atoms with Crippen molar-refractivity contribution < 1.29 is 9.53 Å². The van der Waals surface area contributed by atoms with Crippen molar-refractivity contribution in [1.82, 2.24) is 9.99 Å². The quantitative estimate of drug-likeness (QED) is 0.263. The fourth-order valence-electron chi connectivity index (χ4n) is 4.08. The summed E-state index contributed by atoms with van der Waals surface area (Å²) in [6.45, 7) is 4.04. The molecule has 164 valence electrons. The minimum Gasteiger partial charge on any atom is -0.496 e. The van der Waals surface area contributed by atoms with Crippen molar-refractivity contribution in [3.63, 3.8) is 0 Å². The molecule has 0 spiro atoms. The lowest BCUT2D eigenvalue weighted by molar-refractivity contribution is 0.0954. The predicted molar refractivity (Wildman–Crippen MR) is 135 cm³/mol. The first-order chi connectivity index (χ1) is 15.4. The molecule has 3 aromatic rings. The average Bonchev–Trinajstić information content (AvgIpc) is 3.29. The Bertz CT molecular complexity index is 1270. The standard InChI is InChI=1S/C24H23IN4O2S/c1-14-10-17(13-27-28-23(30)16-8-9-20(25)21(11-16)31-3)15(2)29(14)24-19(12-26)18-6-4-5-7-22(18)32-24/h8-11,13H,4-7H2,1-3H3,(H,28,30)/b27-13+. The zero-order valence-corrected chi connectivity index (χ0v) is 21.1. The van der Waals surface area contributed by atoms with E-state index in [2.05, 4.69) is 43.8 Å². The molecule has 2 aromatic heterocycles. The third kappa shape index (κ3) is 4.19. The molecule has 0 fully saturated rings. The SMILES string of the molecule is COc1cc(C(=O)N/N=C/c2cc(C)n(-c3sc4c(c3C#N)CCCC4)c2C)ccc1I. The highest BCUT2D eigenvalue weighted by Gasteiger charge is 2.23. The van der Waals surface area contributed by atoms with E-state index in [9.17, 15) is 10.1 Å². The van der Waals surface area contributed by atoms with Gasteiger partial charge in [0.1, 0.15) is 16.8 Å². The summed E-state index contributed by atoms with van der Waals surface area (Å²) in [6.07, 6.45) is 6.02. The number of carbonyl (C=O) groups excluding carboxylic acids is 1. The van der Waals surface area contributed by atoms with Gasteiger partial charge in [0.15, 0.2) is 0 Å². The number of thiophene rings is 1. The number of aryl methyl sites for hydroxylation is 2. The average molecular weight is 558 g/mol. The van der Waals surface area contributed by atoms with Crippen molar-refractivity contribution in [1.29, 1.82) is 5.26 Å². The van der Waals surface area contributed by atoms with Gasteiger partial charge in [0.05, 0.1) is 22.5 Å². The van der Waals surface area contributed by atoms with Crippen molar-refractivity contribution in [2.45, 2.75) is 39.5 Å². The van der Waals surface area contributed by atoms with E-state index >= 15 is 0 Å². The molecule has 32 heavy (non-hydrogen) atoms. The van der Waals surface area contributed by atoms with Gasteiger partial charge in [-0.25, -0.2) is 5.43 Å². The third-order valence-electron chi connectivity index (χ3n) is 5.72. The summed E-state index contributed by atoms with van der Waals surface area (Å²) in [5, 5.41) is 15.0. The van der Waals surface area contributed by atoms with Crippen LogP contribution >= 0.6 is 33.9 Å². The topological polar surface area (TPSA) is 79.4 Å². The number of nitriles is 1. The number of benzene rings is 1. The molecule has 1 aliphatic carbocycles. The van der Waals surface area contributed by atoms with Crippen LogP contribution in [0.5, 0.6) is 5.75 Å². The van der Waals surface area contributed by atoms with Crippen LogP contribution in [-0.2, 0) is 12.8 Å². The number of halogens is 1. The number of rotatable bonds is 5. The zero-order valence-electron chi connectivity index (χ0n) is 18.2. The maximum absolute atomic E-state index is 12.5. The van der Waals surface area contributed by atoms with Gasteiger partial charge in [0, 0.05) is 27.4 Å². The molecule has 0 aliphatic heterocycles. The summed E-state index contributed by atoms with van der Waals surface area (Å²) < 4.78 is 8.35. The number of amides is 1. The summed E-state index contributed by atoms with van der Waals surface area (Å²) in [6, 6.07) is 9.74. The monoisotopic (exact) mass is 558 g/mol. The first-order valence-electron chi connectivity index (χ1n) is 10.4. The van der Waals surface area contributed by atoms with Crippen LogP contribution in [0.15, 0.2) is 29.4 Å². The van der Waals surface area contributed by atoms with Crippen molar-refractivity contribution in [2.24, 2.45) is 5.10 Å². The minimum atomic E-state index is -0.303. The molecule has 0 bridgehead atoms. The Balaban J connectivity index is 1.58. The van der Waals surface area contributed by atoms with Crippen molar-refractivity contribution in [2.75, 3.05) is 7.11 Å². The summed E-state index contributed by atoms with van der Waals surface area (Å²) in [7, 11) is 1.58. The molecular formula is C24H23IN4O2S. The maximum atomic E-state index is 12.5. The minimum absolute atomic E-state index is 0.303. The first kappa shape index (κ1) is 22.6. The number of ether oxygens (including phenoxy) is 1. The molecule has 1 aromatic carbocycles. The molecular weight excluding hydrogens is 535 g/mol. The fraction of sp³-hybridized carbons (Fsp3) is 0.292. The van der Waals surface area contributed by atoms with Crippen LogP contribution in [0.1, 0.15) is 56.2 Å². The van der Waals surface area contributed by atoms with Crippen LogP contribution in [0, 0.1) is 28.7 Å². The lowest BCUT2D eigenvalue weighted by Gasteiger charge is -2.10. The highest BCUT2D eigenvalue weighted by atomic mass is 127. The normalized spacial score (nSPS) is 13.1. The number of fused-ring (bicyclic) bond motifs is 1. The van der Waals surface area contributed by atoms with Gasteiger partial charge >= 0.3 is 0 Å². The Morgan fingerprint density at radius 1 is 1.31 bits per heavy atom. The van der Waals surface area contributed by atoms with E-state index in [1.54, 1.807) is 36.8 Å². The predicted octanol–water partition coefficient (Wildman–Crippen LogP) is 5.28. The van der Waals surface area contributed by atoms with Crippen LogP contribution in [0.2, 0.25) is 0 Å². The van der Waals surface area contributed by atoms with E-state index < -0.39 is 0 Å². The van der Waals surface area contributed by atoms with E-state index in [0.29, 0.717) is 11.3 Å². The number of hydrogen-bond donors (Lipinski definition) is 1. The van der Waals surface area contributed by atoms with E-state index in [4.69, 9.17) is 4.74 Å². The largest absolute Gasteiger partial charge is 0.496 e. The number of methoxy groups -OCH3 is 1. The molecule has 2 heterocycles. The third-order valence-corrected chi connectivity index (χ3v) is 7.89. The summed E-state index contributed by atoms with van der Waals surface area (Å²) in [5.41, 5.74) is 8.02. The molecule has 1 N–H and O–H groups in total. The van der Waals surface area contributed by atoms with E-state index in [-0.39, 0.29) is 5.91 Å². The van der Waals surface area contributed by atoms with Gasteiger partial charge in [-0.3, -0.25) is 4.79 Å². The van der Waals surface area contributed by atoms with E-state index in [0.717, 1.165) is 50.3 Å². The summed E-state index contributed by atoms with van der Waals surface area (Å²) >= 11 is 3.88. The summed E-state index contributed by atoms with van der Waals surface area (Å²) in [4.78, 5) is 13.8. The van der Waals surface area contributed by atoms with Crippen LogP contribution in [0.4, 0.5) is 0 Å². The fourth-order valence-corrected chi connectivity index (χ4v) is 6.09. The Hall–Kier alpha value is -2.64. The maximum Gasteiger partial charge on any atom is 0.271 e. The molecule has 4 rings (SSSR count). The van der Waals surface area contributed by atoms with Crippen LogP contribution in [0.3, 0.4) is 0 Å². The van der Waals surface area contributed by atoms with E-state index in [1.807, 2.05) is 26.0 Å². The molecule has 0 radical (unpaired) electrons. The zero-order chi connectivity index (χ0) is 22.8. The number of aromatic nitrogens is 1. The number of hydrogen-bond acceptors (Lipinski definition) is 5. The van der Waals surface area contributed by atoms with Gasteiger partial charge < -0.3 is 9.30 Å². The Labute approximate surface area is 205 Å². The molecule has 1 amide bonds. The highest BCUT2D eigenvalue weighted by Crippen LogP contribution is 2.38. The Kier molecular flexibility index (Phi) is 6.67. The lowest BCUT2D eigenvalue weighted by Crippen LogP contribution is -2.17. The second-order valence-corrected chi connectivity index (χ2v) is 9.96. The highest BCUT2D eigenvalue weighted by molar-refractivity contribution is 14.1. The van der Waals surface area contributed by atoms with Gasteiger partial charge in [0.2, 0.25) is 0 Å². The molecule has 8 heteroatoms. The van der Waals surface area contributed by atoms with Gasteiger partial charge in [-0.05, 0) is 92.0 Å². The number of carbonyl (C=O) groups is 1. The van der Waals surface area contributed by atoms with Crippen LogP contribution in [0.25, 0.3) is 5.00 Å². The van der Waals surface area contributed by atoms with Gasteiger partial charge in [0.25, 0.3) is 5.91 Å². The van der Waals surface area contributed by atoms with Crippen LogP contribution in [-0.4, -0.2) is 23.8 Å². The smallest absolute Gasteiger partial charge is 0.271 e. The van der Waals surface area contributed by atoms with Crippen molar-refractivity contribution in [3.05, 3.63) is 66.4 Å². The molecule has 1 aliphatic rings. The van der Waals surface area contributed by atoms with E-state index in [1.165, 1.54) is 16.9 Å². The second-order valence-electron chi connectivity index (χ2n) is 7.71. The lowest BCUT2D eigenvalue weighted by atomic mass is 9.96. The second kappa shape index (κ2) is 9.46. The molecule has 6 nitrogen and oxygen atoms in total. The van der Waals surface area contributed by atoms with Crippen molar-refractivity contribution >= 4 is 46.0 Å². The first-order valence-corrected chi connectivity index (χ1v) is 12.2. The van der Waals surface area contributed by atoms with Gasteiger partial charge in [-0.1, -0.05) is 0 Å². The molecule has 0 saturated carbocycles. The Morgan fingerprint density at radius 2 is 2.09 bits per heavy atom. The van der Waals surface area contributed by atoms with Gasteiger partial charge in [-0.15, -0.1) is 11.3 Å². The number of nitrogens with one attached hydrogen (secondary N) is 1. The molecule has 0 saturated heterocycles.